The molecule has 0 saturated heterocycles. The summed E-state index contributed by atoms with van der Waals surface area (Å²) in [5.41, 5.74) is 1.06. The smallest absolute Gasteiger partial charge is 0.163 e. The van der Waals surface area contributed by atoms with Crippen LogP contribution in [0.25, 0.3) is 6.08 Å². The fourth-order valence-corrected chi connectivity index (χ4v) is 1.36. The molecule has 1 aromatic carbocycles. The van der Waals surface area contributed by atoms with Crippen LogP contribution in [0.3, 0.4) is 0 Å². The van der Waals surface area contributed by atoms with Crippen molar-refractivity contribution in [3.8, 4) is 0 Å². The Labute approximate surface area is 113 Å². The van der Waals surface area contributed by atoms with Crippen molar-refractivity contribution in [1.29, 1.82) is 0 Å². The number of allylic oxidation sites excluding steroid dienone is 6. The summed E-state index contributed by atoms with van der Waals surface area (Å²) in [5, 5.41) is 0. The van der Waals surface area contributed by atoms with Crippen LogP contribution in [-0.2, 0) is 9.59 Å². The van der Waals surface area contributed by atoms with Gasteiger partial charge in [0.25, 0.3) is 0 Å². The van der Waals surface area contributed by atoms with Crippen molar-refractivity contribution in [1.82, 2.24) is 0 Å². The minimum Gasteiger partial charge on any atom is -0.294 e. The summed E-state index contributed by atoms with van der Waals surface area (Å²) in [5.74, 6) is -0.432. The van der Waals surface area contributed by atoms with Gasteiger partial charge in [-0.25, -0.2) is 0 Å². The van der Waals surface area contributed by atoms with E-state index in [4.69, 9.17) is 0 Å². The standard InChI is InChI=1S/C17H16O2/c1-2-3-12-16(18)14-17(19)13-8-7-11-15-9-5-4-6-10-15/h2-13H,1,14H2. The summed E-state index contributed by atoms with van der Waals surface area (Å²) >= 11 is 0. The lowest BCUT2D eigenvalue weighted by molar-refractivity contribution is -0.121. The molecule has 0 atom stereocenters. The zero-order chi connectivity index (χ0) is 13.9. The molecule has 0 aliphatic heterocycles. The van der Waals surface area contributed by atoms with Gasteiger partial charge in [0.05, 0.1) is 6.42 Å². The molecular weight excluding hydrogens is 236 g/mol. The number of benzene rings is 1. The normalized spacial score (nSPS) is 11.4. The first kappa shape index (κ1) is 14.6. The van der Waals surface area contributed by atoms with Gasteiger partial charge in [0, 0.05) is 0 Å². The highest BCUT2D eigenvalue weighted by Crippen LogP contribution is 2.01. The van der Waals surface area contributed by atoms with Crippen LogP contribution < -0.4 is 0 Å². The van der Waals surface area contributed by atoms with Gasteiger partial charge in [-0.2, -0.15) is 0 Å². The van der Waals surface area contributed by atoms with E-state index in [0.29, 0.717) is 0 Å². The molecule has 0 saturated carbocycles. The average molecular weight is 252 g/mol. The van der Waals surface area contributed by atoms with Gasteiger partial charge < -0.3 is 0 Å². The molecule has 96 valence electrons. The van der Waals surface area contributed by atoms with Crippen molar-refractivity contribution < 1.29 is 9.59 Å². The van der Waals surface area contributed by atoms with Crippen molar-refractivity contribution in [2.24, 2.45) is 0 Å². The molecule has 0 amide bonds. The Kier molecular flexibility index (Phi) is 6.59. The number of carbonyl (C=O) groups excluding carboxylic acids is 2. The van der Waals surface area contributed by atoms with E-state index in [2.05, 4.69) is 6.58 Å². The van der Waals surface area contributed by atoms with Gasteiger partial charge in [-0.05, 0) is 17.7 Å². The number of ketones is 2. The van der Waals surface area contributed by atoms with E-state index >= 15 is 0 Å². The van der Waals surface area contributed by atoms with Crippen LogP contribution in [0.1, 0.15) is 12.0 Å². The number of carbonyl (C=O) groups is 2. The summed E-state index contributed by atoms with van der Waals surface area (Å²) in [6.07, 6.45) is 11.0. The largest absolute Gasteiger partial charge is 0.294 e. The Bertz CT molecular complexity index is 519. The second-order valence-electron chi connectivity index (χ2n) is 3.83. The van der Waals surface area contributed by atoms with Crippen molar-refractivity contribution in [2.45, 2.75) is 6.42 Å². The van der Waals surface area contributed by atoms with Crippen molar-refractivity contribution in [2.75, 3.05) is 0 Å². The van der Waals surface area contributed by atoms with E-state index in [0.717, 1.165) is 5.56 Å². The molecule has 2 nitrogen and oxygen atoms in total. The van der Waals surface area contributed by atoms with Crippen LogP contribution in [0.5, 0.6) is 0 Å². The maximum atomic E-state index is 11.4. The van der Waals surface area contributed by atoms with Crippen LogP contribution in [0.15, 0.2) is 73.4 Å². The second kappa shape index (κ2) is 8.59. The van der Waals surface area contributed by atoms with E-state index in [-0.39, 0.29) is 18.0 Å². The first-order chi connectivity index (χ1) is 9.22. The van der Waals surface area contributed by atoms with E-state index in [1.54, 1.807) is 12.2 Å². The summed E-state index contributed by atoms with van der Waals surface area (Å²) in [7, 11) is 0. The average Bonchev–Trinajstić information content (AvgIpc) is 2.42. The Balaban J connectivity index is 2.42. The fraction of sp³-hybridized carbons (Fsp3) is 0.0588. The minimum absolute atomic E-state index is 0.111. The van der Waals surface area contributed by atoms with Gasteiger partial charge in [0.15, 0.2) is 11.6 Å². The molecule has 2 heteroatoms. The van der Waals surface area contributed by atoms with E-state index < -0.39 is 0 Å². The van der Waals surface area contributed by atoms with E-state index in [1.807, 2.05) is 36.4 Å². The van der Waals surface area contributed by atoms with Crippen molar-refractivity contribution in [3.63, 3.8) is 0 Å². The molecule has 0 N–H and O–H groups in total. The maximum Gasteiger partial charge on any atom is 0.163 e. The summed E-state index contributed by atoms with van der Waals surface area (Å²) in [6.45, 7) is 3.45. The van der Waals surface area contributed by atoms with Gasteiger partial charge in [0.1, 0.15) is 0 Å². The Morgan fingerprint density at radius 3 is 2.21 bits per heavy atom. The third-order valence-electron chi connectivity index (χ3n) is 2.25. The Morgan fingerprint density at radius 2 is 1.58 bits per heavy atom. The predicted molar refractivity (Wildman–Crippen MR) is 78.6 cm³/mol. The number of hydrogen-bond acceptors (Lipinski definition) is 2. The quantitative estimate of drug-likeness (QED) is 0.422. The van der Waals surface area contributed by atoms with Gasteiger partial charge in [0.2, 0.25) is 0 Å². The highest BCUT2D eigenvalue weighted by molar-refractivity contribution is 6.08. The lowest BCUT2D eigenvalue weighted by atomic mass is 10.1. The topological polar surface area (TPSA) is 34.1 Å². The second-order valence-corrected chi connectivity index (χ2v) is 3.83. The van der Waals surface area contributed by atoms with Gasteiger partial charge in [-0.1, -0.05) is 67.3 Å². The molecule has 1 rings (SSSR count). The molecule has 19 heavy (non-hydrogen) atoms. The van der Waals surface area contributed by atoms with E-state index in [9.17, 15) is 9.59 Å². The molecule has 0 aliphatic rings. The minimum atomic E-state index is -0.221. The van der Waals surface area contributed by atoms with Crippen LogP contribution in [0.2, 0.25) is 0 Å². The zero-order valence-corrected chi connectivity index (χ0v) is 10.7. The van der Waals surface area contributed by atoms with E-state index in [1.165, 1.54) is 24.3 Å². The number of rotatable bonds is 7. The third-order valence-corrected chi connectivity index (χ3v) is 2.25. The summed E-state index contributed by atoms with van der Waals surface area (Å²) < 4.78 is 0. The maximum absolute atomic E-state index is 11.4. The Hall–Kier alpha value is -2.48. The summed E-state index contributed by atoms with van der Waals surface area (Å²) in [6, 6.07) is 9.77. The molecule has 0 fully saturated rings. The molecular formula is C17H16O2. The lowest BCUT2D eigenvalue weighted by Gasteiger charge is -1.90. The van der Waals surface area contributed by atoms with Crippen molar-refractivity contribution >= 4 is 17.6 Å². The van der Waals surface area contributed by atoms with Gasteiger partial charge in [-0.3, -0.25) is 9.59 Å². The highest BCUT2D eigenvalue weighted by Gasteiger charge is 2.01. The fourth-order valence-electron chi connectivity index (χ4n) is 1.36. The molecule has 0 radical (unpaired) electrons. The first-order valence-corrected chi connectivity index (χ1v) is 5.97. The van der Waals surface area contributed by atoms with Crippen LogP contribution >= 0.6 is 0 Å². The third kappa shape index (κ3) is 6.74. The van der Waals surface area contributed by atoms with Crippen molar-refractivity contribution in [3.05, 3.63) is 78.9 Å². The number of hydrogen-bond donors (Lipinski definition) is 0. The first-order valence-electron chi connectivity index (χ1n) is 5.97. The van der Waals surface area contributed by atoms with Gasteiger partial charge in [-0.15, -0.1) is 0 Å². The molecule has 0 unspecified atom stereocenters. The lowest BCUT2D eigenvalue weighted by Crippen LogP contribution is -2.01. The molecule has 0 spiro atoms. The van der Waals surface area contributed by atoms with Crippen LogP contribution in [0, 0.1) is 0 Å². The predicted octanol–water partition coefficient (Wildman–Crippen LogP) is 3.53. The highest BCUT2D eigenvalue weighted by atomic mass is 16.1. The molecule has 0 bridgehead atoms. The molecule has 0 heterocycles. The monoisotopic (exact) mass is 252 g/mol. The van der Waals surface area contributed by atoms with Crippen LogP contribution in [-0.4, -0.2) is 11.6 Å². The Morgan fingerprint density at radius 1 is 0.947 bits per heavy atom. The van der Waals surface area contributed by atoms with Gasteiger partial charge >= 0.3 is 0 Å². The molecule has 1 aromatic rings. The molecule has 0 aliphatic carbocycles. The SMILES string of the molecule is C=CC=CC(=O)CC(=O)C=CC=Cc1ccccc1. The summed E-state index contributed by atoms with van der Waals surface area (Å²) in [4.78, 5) is 22.7. The molecule has 0 aromatic heterocycles. The van der Waals surface area contributed by atoms with Crippen LogP contribution in [0.4, 0.5) is 0 Å². The zero-order valence-electron chi connectivity index (χ0n) is 10.7.